The van der Waals surface area contributed by atoms with E-state index in [2.05, 4.69) is 5.32 Å². The Morgan fingerprint density at radius 1 is 1.10 bits per heavy atom. The normalized spacial score (nSPS) is 11.5. The first-order valence-electron chi connectivity index (χ1n) is 10.3. The molecule has 1 N–H and O–H groups in total. The number of benzene rings is 2. The van der Waals surface area contributed by atoms with Crippen LogP contribution < -0.4 is 14.8 Å². The minimum atomic E-state index is -0.617. The second-order valence-corrected chi connectivity index (χ2v) is 7.39. The SMILES string of the molecule is CCCNC(=O)[C@@H](C)N(Cc1ccc(OC)cc1)C(=O)COc1ccc(C)cc1C. The van der Waals surface area contributed by atoms with Crippen molar-refractivity contribution < 1.29 is 19.1 Å². The predicted molar refractivity (Wildman–Crippen MR) is 118 cm³/mol. The van der Waals surface area contributed by atoms with Crippen molar-refractivity contribution in [2.45, 2.75) is 46.7 Å². The maximum absolute atomic E-state index is 13.0. The second kappa shape index (κ2) is 11.2. The molecule has 0 aliphatic heterocycles. The molecule has 30 heavy (non-hydrogen) atoms. The molecule has 0 fully saturated rings. The summed E-state index contributed by atoms with van der Waals surface area (Å²) in [5.41, 5.74) is 3.01. The number of nitrogens with zero attached hydrogens (tertiary/aromatic N) is 1. The lowest BCUT2D eigenvalue weighted by Crippen LogP contribution is -2.49. The van der Waals surface area contributed by atoms with Gasteiger partial charge < -0.3 is 19.7 Å². The number of carbonyl (C=O) groups is 2. The molecule has 0 radical (unpaired) electrons. The van der Waals surface area contributed by atoms with Crippen LogP contribution in [0.5, 0.6) is 11.5 Å². The molecule has 6 nitrogen and oxygen atoms in total. The number of aryl methyl sites for hydroxylation is 2. The van der Waals surface area contributed by atoms with Crippen LogP contribution in [0.4, 0.5) is 0 Å². The van der Waals surface area contributed by atoms with Gasteiger partial charge in [0.1, 0.15) is 17.5 Å². The van der Waals surface area contributed by atoms with Crippen LogP contribution >= 0.6 is 0 Å². The van der Waals surface area contributed by atoms with E-state index in [9.17, 15) is 9.59 Å². The molecular formula is C24H32N2O4. The summed E-state index contributed by atoms with van der Waals surface area (Å²) < 4.78 is 11.0. The molecule has 0 spiro atoms. The number of rotatable bonds is 10. The highest BCUT2D eigenvalue weighted by Crippen LogP contribution is 2.19. The minimum absolute atomic E-state index is 0.133. The molecule has 0 unspecified atom stereocenters. The Hall–Kier alpha value is -3.02. The summed E-state index contributed by atoms with van der Waals surface area (Å²) in [4.78, 5) is 27.1. The molecule has 0 saturated heterocycles. The van der Waals surface area contributed by atoms with Gasteiger partial charge in [0.15, 0.2) is 6.61 Å². The van der Waals surface area contributed by atoms with E-state index < -0.39 is 6.04 Å². The van der Waals surface area contributed by atoms with E-state index in [4.69, 9.17) is 9.47 Å². The van der Waals surface area contributed by atoms with Crippen molar-refractivity contribution in [1.82, 2.24) is 10.2 Å². The Morgan fingerprint density at radius 2 is 1.80 bits per heavy atom. The molecule has 6 heteroatoms. The summed E-state index contributed by atoms with van der Waals surface area (Å²) in [6, 6.07) is 12.7. The molecule has 2 amide bonds. The Labute approximate surface area is 179 Å². The van der Waals surface area contributed by atoms with Gasteiger partial charge in [0.05, 0.1) is 7.11 Å². The van der Waals surface area contributed by atoms with E-state index in [-0.39, 0.29) is 18.4 Å². The fraction of sp³-hybridized carbons (Fsp3) is 0.417. The van der Waals surface area contributed by atoms with Crippen molar-refractivity contribution in [2.75, 3.05) is 20.3 Å². The van der Waals surface area contributed by atoms with E-state index in [1.165, 1.54) is 0 Å². The number of nitrogens with one attached hydrogen (secondary N) is 1. The fourth-order valence-electron chi connectivity index (χ4n) is 3.09. The van der Waals surface area contributed by atoms with Crippen LogP contribution in [-0.4, -0.2) is 43.0 Å². The van der Waals surface area contributed by atoms with Crippen molar-refractivity contribution in [3.8, 4) is 11.5 Å². The molecule has 0 saturated carbocycles. The Kier molecular flexibility index (Phi) is 8.71. The number of carbonyl (C=O) groups excluding carboxylic acids is 2. The van der Waals surface area contributed by atoms with Crippen LogP contribution in [-0.2, 0) is 16.1 Å². The molecule has 0 bridgehead atoms. The minimum Gasteiger partial charge on any atom is -0.497 e. The van der Waals surface area contributed by atoms with Crippen LogP contribution in [0.15, 0.2) is 42.5 Å². The second-order valence-electron chi connectivity index (χ2n) is 7.39. The third kappa shape index (κ3) is 6.51. The number of methoxy groups -OCH3 is 1. The molecule has 162 valence electrons. The Bertz CT molecular complexity index is 849. The zero-order valence-electron chi connectivity index (χ0n) is 18.5. The molecule has 0 aromatic heterocycles. The number of amides is 2. The largest absolute Gasteiger partial charge is 0.497 e. The topological polar surface area (TPSA) is 67.9 Å². The van der Waals surface area contributed by atoms with Crippen LogP contribution in [0.3, 0.4) is 0 Å². The highest BCUT2D eigenvalue weighted by Gasteiger charge is 2.26. The van der Waals surface area contributed by atoms with Crippen LogP contribution in [0.1, 0.15) is 37.0 Å². The van der Waals surface area contributed by atoms with Crippen molar-refractivity contribution in [2.24, 2.45) is 0 Å². The zero-order valence-corrected chi connectivity index (χ0v) is 18.5. The van der Waals surface area contributed by atoms with Gasteiger partial charge in [-0.15, -0.1) is 0 Å². The number of hydrogen-bond donors (Lipinski definition) is 1. The third-order valence-electron chi connectivity index (χ3n) is 4.91. The van der Waals surface area contributed by atoms with Gasteiger partial charge in [-0.25, -0.2) is 0 Å². The van der Waals surface area contributed by atoms with E-state index in [1.807, 2.05) is 63.2 Å². The summed E-state index contributed by atoms with van der Waals surface area (Å²) in [6.07, 6.45) is 0.834. The van der Waals surface area contributed by atoms with E-state index in [0.29, 0.717) is 18.8 Å². The summed E-state index contributed by atoms with van der Waals surface area (Å²) >= 11 is 0. The quantitative estimate of drug-likeness (QED) is 0.647. The predicted octanol–water partition coefficient (Wildman–Crippen LogP) is 3.63. The first kappa shape index (κ1) is 23.3. The summed E-state index contributed by atoms with van der Waals surface area (Å²) in [6.45, 7) is 8.43. The van der Waals surface area contributed by atoms with Gasteiger partial charge in [-0.3, -0.25) is 9.59 Å². The lowest BCUT2D eigenvalue weighted by molar-refractivity contribution is -0.142. The molecule has 1 atom stereocenters. The standard InChI is InChI=1S/C24H32N2O4/c1-6-13-25-24(28)19(4)26(15-20-8-10-21(29-5)11-9-20)23(27)16-30-22-12-7-17(2)14-18(22)3/h7-12,14,19H,6,13,15-16H2,1-5H3,(H,25,28)/t19-/m1/s1. The van der Waals surface area contributed by atoms with Gasteiger partial charge in [-0.1, -0.05) is 36.8 Å². The smallest absolute Gasteiger partial charge is 0.261 e. The van der Waals surface area contributed by atoms with Gasteiger partial charge >= 0.3 is 0 Å². The average Bonchev–Trinajstić information content (AvgIpc) is 2.74. The van der Waals surface area contributed by atoms with Gasteiger partial charge in [-0.2, -0.15) is 0 Å². The van der Waals surface area contributed by atoms with Crippen molar-refractivity contribution in [1.29, 1.82) is 0 Å². The van der Waals surface area contributed by atoms with Crippen molar-refractivity contribution in [3.63, 3.8) is 0 Å². The molecule has 2 rings (SSSR count). The average molecular weight is 413 g/mol. The molecule has 0 aliphatic rings. The Balaban J connectivity index is 2.15. The van der Waals surface area contributed by atoms with Crippen LogP contribution in [0.2, 0.25) is 0 Å². The maximum atomic E-state index is 13.0. The molecule has 2 aromatic rings. The molecule has 0 aliphatic carbocycles. The van der Waals surface area contributed by atoms with Gasteiger partial charge in [0.2, 0.25) is 5.91 Å². The molecular weight excluding hydrogens is 380 g/mol. The zero-order chi connectivity index (χ0) is 22.1. The summed E-state index contributed by atoms with van der Waals surface area (Å²) in [5.74, 6) is 0.986. The van der Waals surface area contributed by atoms with Crippen LogP contribution in [0.25, 0.3) is 0 Å². The summed E-state index contributed by atoms with van der Waals surface area (Å²) in [7, 11) is 1.61. The van der Waals surface area contributed by atoms with Gasteiger partial charge in [0, 0.05) is 13.1 Å². The highest BCUT2D eigenvalue weighted by molar-refractivity contribution is 5.87. The van der Waals surface area contributed by atoms with Crippen molar-refractivity contribution >= 4 is 11.8 Å². The first-order valence-corrected chi connectivity index (χ1v) is 10.3. The Morgan fingerprint density at radius 3 is 2.40 bits per heavy atom. The lowest BCUT2D eigenvalue weighted by Gasteiger charge is -2.29. The van der Waals surface area contributed by atoms with Gasteiger partial charge in [0.25, 0.3) is 5.91 Å². The van der Waals surface area contributed by atoms with E-state index in [1.54, 1.807) is 18.9 Å². The monoisotopic (exact) mass is 412 g/mol. The molecule has 0 heterocycles. The first-order chi connectivity index (χ1) is 14.3. The summed E-state index contributed by atoms with van der Waals surface area (Å²) in [5, 5.41) is 2.87. The highest BCUT2D eigenvalue weighted by atomic mass is 16.5. The maximum Gasteiger partial charge on any atom is 0.261 e. The number of ether oxygens (including phenoxy) is 2. The van der Waals surface area contributed by atoms with Crippen molar-refractivity contribution in [3.05, 3.63) is 59.2 Å². The van der Waals surface area contributed by atoms with E-state index >= 15 is 0 Å². The lowest BCUT2D eigenvalue weighted by atomic mass is 10.1. The molecule has 2 aromatic carbocycles. The number of hydrogen-bond acceptors (Lipinski definition) is 4. The van der Waals surface area contributed by atoms with Gasteiger partial charge in [-0.05, 0) is 56.5 Å². The van der Waals surface area contributed by atoms with E-state index in [0.717, 1.165) is 28.9 Å². The van der Waals surface area contributed by atoms with Crippen LogP contribution in [0, 0.1) is 13.8 Å². The third-order valence-corrected chi connectivity index (χ3v) is 4.91. The fourth-order valence-corrected chi connectivity index (χ4v) is 3.09.